The average Bonchev–Trinajstić information content (AvgIpc) is 2.65. The van der Waals surface area contributed by atoms with Gasteiger partial charge in [-0.05, 0) is 37.1 Å². The maximum Gasteiger partial charge on any atom is 0.336 e. The normalized spacial score (nSPS) is 12.5. The van der Waals surface area contributed by atoms with Crippen molar-refractivity contribution in [2.75, 3.05) is 7.05 Å². The van der Waals surface area contributed by atoms with Crippen molar-refractivity contribution in [1.82, 2.24) is 9.97 Å². The quantitative estimate of drug-likeness (QED) is 0.533. The van der Waals surface area contributed by atoms with Gasteiger partial charge >= 0.3 is 5.63 Å². The molecule has 0 radical (unpaired) electrons. The van der Waals surface area contributed by atoms with Gasteiger partial charge in [0, 0.05) is 17.0 Å². The summed E-state index contributed by atoms with van der Waals surface area (Å²) in [5, 5.41) is 1.53. The van der Waals surface area contributed by atoms with Crippen LogP contribution in [0.15, 0.2) is 56.5 Å². The van der Waals surface area contributed by atoms with E-state index in [1.54, 1.807) is 12.1 Å². The van der Waals surface area contributed by atoms with Crippen molar-refractivity contribution in [3.8, 4) is 0 Å². The molecule has 4 aromatic rings. The molecule has 0 spiro atoms. The number of aromatic nitrogens is 2. The molecule has 0 saturated carbocycles. The molecular weight excluding hydrogens is 354 g/mol. The number of benzene rings is 2. The first-order chi connectivity index (χ1) is 13.4. The van der Waals surface area contributed by atoms with Crippen molar-refractivity contribution < 1.29 is 9.32 Å². The van der Waals surface area contributed by atoms with Crippen molar-refractivity contribution in [2.24, 2.45) is 0 Å². The van der Waals surface area contributed by atoms with E-state index in [1.165, 1.54) is 0 Å². The van der Waals surface area contributed by atoms with E-state index in [9.17, 15) is 9.59 Å². The van der Waals surface area contributed by atoms with Crippen molar-refractivity contribution in [1.29, 1.82) is 0 Å². The van der Waals surface area contributed by atoms with Crippen LogP contribution in [0.1, 0.15) is 22.5 Å². The molecule has 1 atom stereocenters. The third-order valence-corrected chi connectivity index (χ3v) is 5.14. The zero-order valence-corrected chi connectivity index (χ0v) is 16.1. The Morgan fingerprint density at radius 1 is 1.04 bits per heavy atom. The molecule has 4 rings (SSSR count). The van der Waals surface area contributed by atoms with E-state index < -0.39 is 0 Å². The second-order valence-electron chi connectivity index (χ2n) is 7.32. The fraction of sp³-hybridized carbons (Fsp3) is 0.227. The molecule has 2 aromatic carbocycles. The summed E-state index contributed by atoms with van der Waals surface area (Å²) in [4.78, 5) is 32.9. The van der Waals surface area contributed by atoms with Crippen molar-refractivity contribution in [3.05, 3.63) is 85.8 Å². The van der Waals surface area contributed by atoms with Gasteiger partial charge in [-0.2, -0.15) is 0 Å². The number of quaternary nitrogens is 1. The average molecular weight is 376 g/mol. The number of aryl methyl sites for hydroxylation is 2. The highest BCUT2D eigenvalue weighted by Gasteiger charge is 2.14. The first-order valence-corrected chi connectivity index (χ1v) is 9.24. The molecule has 0 aliphatic carbocycles. The lowest BCUT2D eigenvalue weighted by Gasteiger charge is -2.15. The standard InChI is InChI=1S/C22H21N3O3/c1-13-8-9-16-15(10-20(26)28-21(16)14(13)2)11-25(3)12-19-23-18-7-5-4-6-17(18)22(27)24-19/h4-10H,11-12H2,1-3H3,(H,23,24,27)/p+1. The number of para-hydroxylation sites is 1. The Labute approximate surface area is 161 Å². The van der Waals surface area contributed by atoms with Gasteiger partial charge in [-0.15, -0.1) is 0 Å². The fourth-order valence-corrected chi connectivity index (χ4v) is 3.56. The molecule has 0 aliphatic rings. The van der Waals surface area contributed by atoms with Crippen molar-refractivity contribution in [3.63, 3.8) is 0 Å². The maximum absolute atomic E-state index is 12.3. The second kappa shape index (κ2) is 7.05. The van der Waals surface area contributed by atoms with Gasteiger partial charge in [-0.3, -0.25) is 4.79 Å². The summed E-state index contributed by atoms with van der Waals surface area (Å²) in [5.74, 6) is 0.625. The Kier molecular flexibility index (Phi) is 4.57. The molecule has 2 aromatic heterocycles. The maximum atomic E-state index is 12.3. The fourth-order valence-electron chi connectivity index (χ4n) is 3.56. The van der Waals surface area contributed by atoms with Crippen LogP contribution in [0, 0.1) is 13.8 Å². The predicted octanol–water partition coefficient (Wildman–Crippen LogP) is 1.86. The zero-order chi connectivity index (χ0) is 19.8. The molecule has 0 saturated heterocycles. The van der Waals surface area contributed by atoms with Gasteiger partial charge in [0.15, 0.2) is 5.82 Å². The van der Waals surface area contributed by atoms with E-state index in [2.05, 4.69) is 9.97 Å². The monoisotopic (exact) mass is 376 g/mol. The first kappa shape index (κ1) is 18.1. The molecule has 28 heavy (non-hydrogen) atoms. The summed E-state index contributed by atoms with van der Waals surface area (Å²) in [6.07, 6.45) is 0. The van der Waals surface area contributed by atoms with Gasteiger partial charge < -0.3 is 14.3 Å². The number of H-pyrrole nitrogens is 1. The molecule has 0 aliphatic heterocycles. The topological polar surface area (TPSA) is 80.4 Å². The Bertz CT molecular complexity index is 1300. The SMILES string of the molecule is Cc1ccc2c(C[NH+](C)Cc3nc4ccccc4c(=O)[nH]3)cc(=O)oc2c1C. The number of nitrogens with one attached hydrogen (secondary N) is 2. The predicted molar refractivity (Wildman–Crippen MR) is 109 cm³/mol. The molecule has 142 valence electrons. The Morgan fingerprint density at radius 2 is 1.82 bits per heavy atom. The summed E-state index contributed by atoms with van der Waals surface area (Å²) < 4.78 is 5.45. The number of rotatable bonds is 4. The number of nitrogens with zero attached hydrogens (tertiary/aromatic N) is 1. The molecule has 2 heterocycles. The lowest BCUT2D eigenvalue weighted by atomic mass is 10.0. The number of aromatic amines is 1. The van der Waals surface area contributed by atoms with Crippen LogP contribution in [0.25, 0.3) is 21.9 Å². The largest absolute Gasteiger partial charge is 0.422 e. The molecule has 0 fully saturated rings. The summed E-state index contributed by atoms with van der Waals surface area (Å²) in [5.41, 5.74) is 3.85. The Hall–Kier alpha value is -3.25. The summed E-state index contributed by atoms with van der Waals surface area (Å²) in [6, 6.07) is 12.9. The Morgan fingerprint density at radius 3 is 2.64 bits per heavy atom. The van der Waals surface area contributed by atoms with E-state index in [0.717, 1.165) is 27.0 Å². The Balaban J connectivity index is 1.66. The third kappa shape index (κ3) is 3.34. The lowest BCUT2D eigenvalue weighted by Crippen LogP contribution is -3.06. The molecule has 2 N–H and O–H groups in total. The molecule has 0 amide bonds. The highest BCUT2D eigenvalue weighted by molar-refractivity contribution is 5.83. The van der Waals surface area contributed by atoms with Crippen LogP contribution >= 0.6 is 0 Å². The molecule has 6 nitrogen and oxygen atoms in total. The van der Waals surface area contributed by atoms with Crippen LogP contribution in [-0.2, 0) is 13.1 Å². The third-order valence-electron chi connectivity index (χ3n) is 5.14. The van der Waals surface area contributed by atoms with Crippen LogP contribution in [0.5, 0.6) is 0 Å². The van der Waals surface area contributed by atoms with E-state index in [-0.39, 0.29) is 11.2 Å². The van der Waals surface area contributed by atoms with Crippen molar-refractivity contribution in [2.45, 2.75) is 26.9 Å². The van der Waals surface area contributed by atoms with E-state index in [4.69, 9.17) is 4.42 Å². The second-order valence-corrected chi connectivity index (χ2v) is 7.32. The minimum Gasteiger partial charge on any atom is -0.422 e. The molecule has 0 bridgehead atoms. The van der Waals surface area contributed by atoms with E-state index in [1.807, 2.05) is 51.2 Å². The number of hydrogen-bond acceptors (Lipinski definition) is 4. The molecule has 1 unspecified atom stereocenters. The lowest BCUT2D eigenvalue weighted by molar-refractivity contribution is -0.908. The van der Waals surface area contributed by atoms with Crippen molar-refractivity contribution >= 4 is 21.9 Å². The minimum atomic E-state index is -0.346. The van der Waals surface area contributed by atoms with Crippen LogP contribution in [-0.4, -0.2) is 17.0 Å². The summed E-state index contributed by atoms with van der Waals surface area (Å²) >= 11 is 0. The minimum absolute atomic E-state index is 0.134. The van der Waals surface area contributed by atoms with Gasteiger partial charge in [-0.1, -0.05) is 24.3 Å². The summed E-state index contributed by atoms with van der Waals surface area (Å²) in [6.45, 7) is 5.11. The van der Waals surface area contributed by atoms with E-state index in [0.29, 0.717) is 35.4 Å². The number of fused-ring (bicyclic) bond motifs is 2. The highest BCUT2D eigenvalue weighted by Crippen LogP contribution is 2.22. The van der Waals surface area contributed by atoms with Crippen LogP contribution < -0.4 is 16.1 Å². The van der Waals surface area contributed by atoms with Crippen LogP contribution in [0.4, 0.5) is 0 Å². The summed E-state index contributed by atoms with van der Waals surface area (Å²) in [7, 11) is 2.01. The zero-order valence-electron chi connectivity index (χ0n) is 16.1. The smallest absolute Gasteiger partial charge is 0.336 e. The van der Waals surface area contributed by atoms with Gasteiger partial charge in [0.05, 0.1) is 18.0 Å². The van der Waals surface area contributed by atoms with Crippen LogP contribution in [0.3, 0.4) is 0 Å². The molecule has 6 heteroatoms. The van der Waals surface area contributed by atoms with Gasteiger partial charge in [0.25, 0.3) is 5.56 Å². The van der Waals surface area contributed by atoms with Gasteiger partial charge in [0.2, 0.25) is 0 Å². The molecular formula is C22H22N3O3+. The van der Waals surface area contributed by atoms with Crippen LogP contribution in [0.2, 0.25) is 0 Å². The first-order valence-electron chi connectivity index (χ1n) is 9.24. The van der Waals surface area contributed by atoms with Gasteiger partial charge in [-0.25, -0.2) is 9.78 Å². The highest BCUT2D eigenvalue weighted by atomic mass is 16.4. The number of hydrogen-bond donors (Lipinski definition) is 2. The van der Waals surface area contributed by atoms with Gasteiger partial charge in [0.1, 0.15) is 18.7 Å². The van der Waals surface area contributed by atoms with E-state index >= 15 is 0 Å².